The van der Waals surface area contributed by atoms with E-state index in [4.69, 9.17) is 9.47 Å². The third kappa shape index (κ3) is 4.37. The predicted octanol–water partition coefficient (Wildman–Crippen LogP) is 3.43. The molecule has 0 atom stereocenters. The Balaban J connectivity index is 1.91. The molecule has 5 heteroatoms. The van der Waals surface area contributed by atoms with Crippen molar-refractivity contribution in [3.8, 4) is 5.75 Å². The molecule has 5 nitrogen and oxygen atoms in total. The van der Waals surface area contributed by atoms with Gasteiger partial charge in [-0.25, -0.2) is 4.79 Å². The summed E-state index contributed by atoms with van der Waals surface area (Å²) >= 11 is 0. The van der Waals surface area contributed by atoms with Gasteiger partial charge in [0.05, 0.1) is 12.7 Å². The molecule has 2 rings (SSSR count). The number of nitrogens with zero attached hydrogens (tertiary/aromatic N) is 1. The van der Waals surface area contributed by atoms with Crippen LogP contribution in [0.15, 0.2) is 18.2 Å². The minimum absolute atomic E-state index is 0.0544. The van der Waals surface area contributed by atoms with Crippen LogP contribution in [0.3, 0.4) is 0 Å². The smallest absolute Gasteiger partial charge is 0.321 e. The molecule has 2 amide bonds. The second-order valence-corrected chi connectivity index (χ2v) is 5.49. The highest BCUT2D eigenvalue weighted by Crippen LogP contribution is 2.23. The summed E-state index contributed by atoms with van der Waals surface area (Å²) < 4.78 is 11.2. The highest BCUT2D eigenvalue weighted by Gasteiger charge is 2.23. The summed E-state index contributed by atoms with van der Waals surface area (Å²) in [5.74, 6) is 0.815. The molecular weight excluding hydrogens is 280 g/mol. The fraction of sp³-hybridized carbons (Fsp3) is 0.588. The van der Waals surface area contributed by atoms with Gasteiger partial charge in [-0.1, -0.05) is 6.07 Å². The Bertz CT molecular complexity index is 497. The first-order chi connectivity index (χ1) is 10.6. The molecule has 0 radical (unpaired) electrons. The number of aryl methyl sites for hydroxylation is 1. The molecule has 122 valence electrons. The predicted molar refractivity (Wildman–Crippen MR) is 87.6 cm³/mol. The summed E-state index contributed by atoms with van der Waals surface area (Å²) in [7, 11) is 0. The molecule has 1 aromatic carbocycles. The van der Waals surface area contributed by atoms with Crippen LogP contribution < -0.4 is 10.1 Å². The van der Waals surface area contributed by atoms with Gasteiger partial charge in [-0.2, -0.15) is 0 Å². The van der Waals surface area contributed by atoms with E-state index in [0.717, 1.165) is 49.5 Å². The first-order valence-electron chi connectivity index (χ1n) is 8.05. The number of ether oxygens (including phenoxy) is 2. The fourth-order valence-corrected chi connectivity index (χ4v) is 2.65. The van der Waals surface area contributed by atoms with Crippen LogP contribution in [-0.4, -0.2) is 43.3 Å². The minimum atomic E-state index is -0.0544. The number of urea groups is 1. The molecule has 1 saturated heterocycles. The molecule has 0 spiro atoms. The number of hydrogen-bond acceptors (Lipinski definition) is 3. The van der Waals surface area contributed by atoms with Gasteiger partial charge >= 0.3 is 6.03 Å². The molecule has 22 heavy (non-hydrogen) atoms. The molecule has 1 aromatic rings. The number of carbonyl (C=O) groups is 1. The summed E-state index contributed by atoms with van der Waals surface area (Å²) in [5.41, 5.74) is 1.84. The Morgan fingerprint density at radius 3 is 2.64 bits per heavy atom. The largest absolute Gasteiger partial charge is 0.494 e. The van der Waals surface area contributed by atoms with E-state index < -0.39 is 0 Å². The van der Waals surface area contributed by atoms with Crippen molar-refractivity contribution in [2.45, 2.75) is 39.7 Å². The van der Waals surface area contributed by atoms with E-state index in [0.29, 0.717) is 6.61 Å². The topological polar surface area (TPSA) is 50.8 Å². The van der Waals surface area contributed by atoms with Gasteiger partial charge in [-0.3, -0.25) is 0 Å². The van der Waals surface area contributed by atoms with Crippen molar-refractivity contribution in [2.24, 2.45) is 0 Å². The number of nitrogens with one attached hydrogen (secondary N) is 1. The van der Waals surface area contributed by atoms with Crippen molar-refractivity contribution < 1.29 is 14.3 Å². The monoisotopic (exact) mass is 306 g/mol. The molecule has 0 aliphatic carbocycles. The average molecular weight is 306 g/mol. The molecule has 1 aliphatic heterocycles. The second-order valence-electron chi connectivity index (χ2n) is 5.49. The molecule has 1 heterocycles. The van der Waals surface area contributed by atoms with Crippen LogP contribution in [0.2, 0.25) is 0 Å². The number of amides is 2. The van der Waals surface area contributed by atoms with Crippen molar-refractivity contribution >= 4 is 11.7 Å². The third-order valence-electron chi connectivity index (χ3n) is 3.87. The lowest BCUT2D eigenvalue weighted by molar-refractivity contribution is 0.0232. The molecule has 0 bridgehead atoms. The molecule has 0 unspecified atom stereocenters. The lowest BCUT2D eigenvalue weighted by Gasteiger charge is -2.31. The van der Waals surface area contributed by atoms with Crippen molar-refractivity contribution in [1.29, 1.82) is 0 Å². The van der Waals surface area contributed by atoms with Gasteiger partial charge in [0.15, 0.2) is 0 Å². The zero-order chi connectivity index (χ0) is 15.9. The van der Waals surface area contributed by atoms with Gasteiger partial charge in [0.2, 0.25) is 0 Å². The maximum absolute atomic E-state index is 12.3. The van der Waals surface area contributed by atoms with E-state index >= 15 is 0 Å². The number of rotatable bonds is 5. The highest BCUT2D eigenvalue weighted by molar-refractivity contribution is 5.89. The van der Waals surface area contributed by atoms with Gasteiger partial charge in [0, 0.05) is 31.5 Å². The standard InChI is InChI=1S/C17H26N2O3/c1-4-21-15-8-10-19(11-9-15)17(20)18-14-7-6-13(3)16(12-14)22-5-2/h6-7,12,15H,4-5,8-11H2,1-3H3,(H,18,20). The van der Waals surface area contributed by atoms with E-state index in [1.165, 1.54) is 0 Å². The average Bonchev–Trinajstić information content (AvgIpc) is 2.52. The van der Waals surface area contributed by atoms with Crippen molar-refractivity contribution in [3.63, 3.8) is 0 Å². The summed E-state index contributed by atoms with van der Waals surface area (Å²) in [6, 6.07) is 5.69. The van der Waals surface area contributed by atoms with Gasteiger partial charge in [-0.15, -0.1) is 0 Å². The Morgan fingerprint density at radius 2 is 2.00 bits per heavy atom. The summed E-state index contributed by atoms with van der Waals surface area (Å²) in [5, 5.41) is 2.95. The van der Waals surface area contributed by atoms with Gasteiger partial charge in [0.25, 0.3) is 0 Å². The molecule has 1 fully saturated rings. The Labute approximate surface area is 132 Å². The quantitative estimate of drug-likeness (QED) is 0.906. The van der Waals surface area contributed by atoms with E-state index in [9.17, 15) is 4.79 Å². The number of piperidine rings is 1. The number of carbonyl (C=O) groups excluding carboxylic acids is 1. The van der Waals surface area contributed by atoms with Crippen LogP contribution in [0.25, 0.3) is 0 Å². The van der Waals surface area contributed by atoms with E-state index in [2.05, 4.69) is 5.32 Å². The maximum Gasteiger partial charge on any atom is 0.321 e. The van der Waals surface area contributed by atoms with E-state index in [-0.39, 0.29) is 12.1 Å². The van der Waals surface area contributed by atoms with Crippen LogP contribution in [0.5, 0.6) is 5.75 Å². The SMILES string of the molecule is CCOc1cc(NC(=O)N2CCC(OCC)CC2)ccc1C. The van der Waals surface area contributed by atoms with Crippen molar-refractivity contribution in [1.82, 2.24) is 4.90 Å². The van der Waals surface area contributed by atoms with Gasteiger partial charge in [-0.05, 0) is 45.2 Å². The summed E-state index contributed by atoms with van der Waals surface area (Å²) in [4.78, 5) is 14.2. The molecule has 0 aromatic heterocycles. The molecule has 1 aliphatic rings. The fourth-order valence-electron chi connectivity index (χ4n) is 2.65. The van der Waals surface area contributed by atoms with E-state index in [1.54, 1.807) is 0 Å². The second kappa shape index (κ2) is 8.03. The van der Waals surface area contributed by atoms with Crippen molar-refractivity contribution in [2.75, 3.05) is 31.6 Å². The van der Waals surface area contributed by atoms with Crippen LogP contribution in [0.1, 0.15) is 32.3 Å². The highest BCUT2D eigenvalue weighted by atomic mass is 16.5. The van der Waals surface area contributed by atoms with E-state index in [1.807, 2.05) is 43.9 Å². The number of likely N-dealkylation sites (tertiary alicyclic amines) is 1. The van der Waals surface area contributed by atoms with Crippen LogP contribution in [0, 0.1) is 6.92 Å². The Morgan fingerprint density at radius 1 is 1.27 bits per heavy atom. The zero-order valence-corrected chi connectivity index (χ0v) is 13.7. The molecule has 1 N–H and O–H groups in total. The van der Waals surface area contributed by atoms with Crippen molar-refractivity contribution in [3.05, 3.63) is 23.8 Å². The Hall–Kier alpha value is -1.75. The third-order valence-corrected chi connectivity index (χ3v) is 3.87. The first-order valence-corrected chi connectivity index (χ1v) is 8.05. The minimum Gasteiger partial charge on any atom is -0.494 e. The first kappa shape index (κ1) is 16.6. The lowest BCUT2D eigenvalue weighted by atomic mass is 10.1. The number of anilines is 1. The Kier molecular flexibility index (Phi) is 6.07. The van der Waals surface area contributed by atoms with Crippen LogP contribution >= 0.6 is 0 Å². The van der Waals surface area contributed by atoms with Gasteiger partial charge in [0.1, 0.15) is 5.75 Å². The van der Waals surface area contributed by atoms with Crippen LogP contribution in [-0.2, 0) is 4.74 Å². The molecule has 0 saturated carbocycles. The summed E-state index contributed by atoms with van der Waals surface area (Å²) in [6.45, 7) is 8.78. The summed E-state index contributed by atoms with van der Waals surface area (Å²) in [6.07, 6.45) is 2.09. The normalized spacial score (nSPS) is 15.7. The lowest BCUT2D eigenvalue weighted by Crippen LogP contribution is -2.43. The zero-order valence-electron chi connectivity index (χ0n) is 13.7. The number of benzene rings is 1. The molecular formula is C17H26N2O3. The van der Waals surface area contributed by atoms with Gasteiger partial charge < -0.3 is 19.7 Å². The maximum atomic E-state index is 12.3. The van der Waals surface area contributed by atoms with Crippen LogP contribution in [0.4, 0.5) is 10.5 Å². The number of hydrogen-bond donors (Lipinski definition) is 1.